The molecule has 4 nitrogen and oxygen atoms in total. The van der Waals surface area contributed by atoms with Crippen LogP contribution in [0.1, 0.15) is 19.4 Å². The van der Waals surface area contributed by atoms with Gasteiger partial charge in [0.15, 0.2) is 0 Å². The van der Waals surface area contributed by atoms with Gasteiger partial charge in [0, 0.05) is 19.2 Å². The van der Waals surface area contributed by atoms with E-state index in [-0.39, 0.29) is 5.97 Å². The molecular formula is C16H23NO3. The van der Waals surface area contributed by atoms with Crippen LogP contribution in [0.3, 0.4) is 0 Å². The highest BCUT2D eigenvalue weighted by molar-refractivity contribution is 5.82. The number of benzene rings is 1. The zero-order valence-electron chi connectivity index (χ0n) is 12.4. The molecule has 0 aliphatic carbocycles. The second-order valence-electron chi connectivity index (χ2n) is 4.58. The van der Waals surface area contributed by atoms with E-state index in [1.807, 2.05) is 38.1 Å². The lowest BCUT2D eigenvalue weighted by Gasteiger charge is -2.08. The Balaban J connectivity index is 2.15. The molecule has 0 saturated heterocycles. The molecule has 4 heteroatoms. The van der Waals surface area contributed by atoms with Crippen LogP contribution in [0.4, 0.5) is 0 Å². The van der Waals surface area contributed by atoms with Crippen molar-refractivity contribution in [2.45, 2.75) is 20.8 Å². The van der Waals surface area contributed by atoms with Crippen LogP contribution in [-0.4, -0.2) is 32.3 Å². The topological polar surface area (TPSA) is 47.6 Å². The number of esters is 1. The fourth-order valence-corrected chi connectivity index (χ4v) is 1.60. The van der Waals surface area contributed by atoms with Crippen molar-refractivity contribution in [3.63, 3.8) is 0 Å². The van der Waals surface area contributed by atoms with E-state index < -0.39 is 0 Å². The molecule has 0 aromatic heterocycles. The molecule has 0 bridgehead atoms. The Labute approximate surface area is 120 Å². The minimum atomic E-state index is -0.289. The molecule has 1 N–H and O–H groups in total. The van der Waals surface area contributed by atoms with Crippen LogP contribution in [0.15, 0.2) is 35.9 Å². The molecule has 0 unspecified atom stereocenters. The van der Waals surface area contributed by atoms with E-state index in [2.05, 4.69) is 5.32 Å². The average Bonchev–Trinajstić information content (AvgIpc) is 2.40. The Morgan fingerprint density at radius 3 is 2.65 bits per heavy atom. The summed E-state index contributed by atoms with van der Waals surface area (Å²) in [6, 6.07) is 7.96. The van der Waals surface area contributed by atoms with E-state index in [9.17, 15) is 4.79 Å². The summed E-state index contributed by atoms with van der Waals surface area (Å²) in [5, 5.41) is 3.21. The molecule has 0 aliphatic heterocycles. The lowest BCUT2D eigenvalue weighted by atomic mass is 10.2. The Kier molecular flexibility index (Phi) is 7.43. The van der Waals surface area contributed by atoms with Crippen molar-refractivity contribution >= 4 is 5.97 Å². The second-order valence-corrected chi connectivity index (χ2v) is 4.58. The highest BCUT2D eigenvalue weighted by Gasteiger charge is 1.98. The number of hydrogen-bond acceptors (Lipinski definition) is 4. The summed E-state index contributed by atoms with van der Waals surface area (Å²) in [5.41, 5.74) is 2.16. The van der Waals surface area contributed by atoms with Gasteiger partial charge >= 0.3 is 5.97 Å². The van der Waals surface area contributed by atoms with Gasteiger partial charge in [-0.15, -0.1) is 0 Å². The Morgan fingerprint density at radius 2 is 2.00 bits per heavy atom. The van der Waals surface area contributed by atoms with Crippen molar-refractivity contribution < 1.29 is 14.3 Å². The summed E-state index contributed by atoms with van der Waals surface area (Å²) in [6.07, 6.45) is 1.51. The summed E-state index contributed by atoms with van der Waals surface area (Å²) in [4.78, 5) is 11.2. The van der Waals surface area contributed by atoms with Gasteiger partial charge in [-0.1, -0.05) is 23.3 Å². The van der Waals surface area contributed by atoms with Crippen molar-refractivity contribution in [3.05, 3.63) is 41.5 Å². The number of carbonyl (C=O) groups is 1. The number of aryl methyl sites for hydroxylation is 1. The number of ether oxygens (including phenoxy) is 2. The van der Waals surface area contributed by atoms with Gasteiger partial charge in [0.05, 0.1) is 6.61 Å². The monoisotopic (exact) mass is 277 g/mol. The zero-order valence-corrected chi connectivity index (χ0v) is 12.4. The van der Waals surface area contributed by atoms with Gasteiger partial charge in [0.2, 0.25) is 0 Å². The van der Waals surface area contributed by atoms with E-state index in [4.69, 9.17) is 9.47 Å². The minimum absolute atomic E-state index is 0.289. The van der Waals surface area contributed by atoms with E-state index in [0.717, 1.165) is 17.9 Å². The van der Waals surface area contributed by atoms with Gasteiger partial charge in [-0.25, -0.2) is 4.79 Å². The maximum absolute atomic E-state index is 11.2. The van der Waals surface area contributed by atoms with Crippen LogP contribution in [0.5, 0.6) is 5.75 Å². The second kappa shape index (κ2) is 9.15. The predicted octanol–water partition coefficient (Wildman–Crippen LogP) is 2.47. The van der Waals surface area contributed by atoms with Gasteiger partial charge in [-0.05, 0) is 32.9 Å². The molecule has 110 valence electrons. The van der Waals surface area contributed by atoms with Crippen LogP contribution in [0.25, 0.3) is 0 Å². The van der Waals surface area contributed by atoms with Crippen LogP contribution >= 0.6 is 0 Å². The fourth-order valence-electron chi connectivity index (χ4n) is 1.60. The number of carbonyl (C=O) groups excluding carboxylic acids is 1. The minimum Gasteiger partial charge on any atom is -0.492 e. The number of rotatable bonds is 8. The van der Waals surface area contributed by atoms with Crippen molar-refractivity contribution in [3.8, 4) is 5.75 Å². The first kappa shape index (κ1) is 16.2. The van der Waals surface area contributed by atoms with E-state index in [1.165, 1.54) is 11.6 Å². The molecule has 0 amide bonds. The largest absolute Gasteiger partial charge is 0.492 e. The molecule has 0 atom stereocenters. The SMILES string of the molecule is CCOC(=O)/C=C(\C)CNCCOc1ccc(C)cc1. The molecular weight excluding hydrogens is 254 g/mol. The molecule has 0 spiro atoms. The first-order valence-electron chi connectivity index (χ1n) is 6.86. The third kappa shape index (κ3) is 6.95. The smallest absolute Gasteiger partial charge is 0.330 e. The molecule has 1 aromatic carbocycles. The molecule has 0 heterocycles. The van der Waals surface area contributed by atoms with Crippen molar-refractivity contribution in [1.29, 1.82) is 0 Å². The lowest BCUT2D eigenvalue weighted by Crippen LogP contribution is -2.23. The number of nitrogens with one attached hydrogen (secondary N) is 1. The normalized spacial score (nSPS) is 11.2. The predicted molar refractivity (Wildman–Crippen MR) is 79.9 cm³/mol. The molecule has 1 rings (SSSR count). The van der Waals surface area contributed by atoms with Crippen molar-refractivity contribution in [2.24, 2.45) is 0 Å². The van der Waals surface area contributed by atoms with E-state index >= 15 is 0 Å². The van der Waals surface area contributed by atoms with Gasteiger partial charge in [0.25, 0.3) is 0 Å². The Morgan fingerprint density at radius 1 is 1.30 bits per heavy atom. The molecule has 0 radical (unpaired) electrons. The van der Waals surface area contributed by atoms with Crippen molar-refractivity contribution in [2.75, 3.05) is 26.3 Å². The van der Waals surface area contributed by atoms with E-state index in [1.54, 1.807) is 6.92 Å². The van der Waals surface area contributed by atoms with Crippen LogP contribution in [0.2, 0.25) is 0 Å². The van der Waals surface area contributed by atoms with Gasteiger partial charge in [-0.3, -0.25) is 0 Å². The summed E-state index contributed by atoms with van der Waals surface area (Å²) >= 11 is 0. The van der Waals surface area contributed by atoms with Crippen LogP contribution < -0.4 is 10.1 Å². The standard InChI is InChI=1S/C16H23NO3/c1-4-19-16(18)11-14(3)12-17-9-10-20-15-7-5-13(2)6-8-15/h5-8,11,17H,4,9-10,12H2,1-3H3/b14-11+. The maximum atomic E-state index is 11.2. The quantitative estimate of drug-likeness (QED) is 0.450. The maximum Gasteiger partial charge on any atom is 0.330 e. The number of hydrogen-bond donors (Lipinski definition) is 1. The first-order chi connectivity index (χ1) is 9.61. The van der Waals surface area contributed by atoms with E-state index in [0.29, 0.717) is 19.8 Å². The summed E-state index contributed by atoms with van der Waals surface area (Å²) < 4.78 is 10.4. The van der Waals surface area contributed by atoms with Gasteiger partial charge in [-0.2, -0.15) is 0 Å². The van der Waals surface area contributed by atoms with Crippen molar-refractivity contribution in [1.82, 2.24) is 5.32 Å². The lowest BCUT2D eigenvalue weighted by molar-refractivity contribution is -0.137. The van der Waals surface area contributed by atoms with Gasteiger partial charge in [0.1, 0.15) is 12.4 Å². The van der Waals surface area contributed by atoms with Crippen LogP contribution in [0, 0.1) is 6.92 Å². The summed E-state index contributed by atoms with van der Waals surface area (Å²) in [7, 11) is 0. The third-order valence-corrected chi connectivity index (χ3v) is 2.62. The molecule has 0 aliphatic rings. The molecule has 0 saturated carbocycles. The zero-order chi connectivity index (χ0) is 14.8. The molecule has 0 fully saturated rings. The van der Waals surface area contributed by atoms with Crippen LogP contribution in [-0.2, 0) is 9.53 Å². The summed E-state index contributed by atoms with van der Waals surface area (Å²) in [5.74, 6) is 0.582. The average molecular weight is 277 g/mol. The third-order valence-electron chi connectivity index (χ3n) is 2.62. The Bertz CT molecular complexity index is 438. The first-order valence-corrected chi connectivity index (χ1v) is 6.86. The Hall–Kier alpha value is -1.81. The highest BCUT2D eigenvalue weighted by atomic mass is 16.5. The van der Waals surface area contributed by atoms with Gasteiger partial charge < -0.3 is 14.8 Å². The molecule has 1 aromatic rings. The molecule has 20 heavy (non-hydrogen) atoms. The highest BCUT2D eigenvalue weighted by Crippen LogP contribution is 2.10. The summed E-state index contributed by atoms with van der Waals surface area (Å²) in [6.45, 7) is 8.10. The fraction of sp³-hybridized carbons (Fsp3) is 0.438.